The Morgan fingerprint density at radius 2 is 2.25 bits per heavy atom. The van der Waals surface area contributed by atoms with Crippen molar-refractivity contribution in [2.24, 2.45) is 0 Å². The molecule has 7 nitrogen and oxygen atoms in total. The lowest BCUT2D eigenvalue weighted by molar-refractivity contribution is -0.125. The molecular formula is C16H16BrN5O2. The fourth-order valence-corrected chi connectivity index (χ4v) is 3.88. The monoisotopic (exact) mass is 389 g/mol. The second-order valence-electron chi connectivity index (χ2n) is 5.93. The predicted molar refractivity (Wildman–Crippen MR) is 91.2 cm³/mol. The minimum Gasteiger partial charge on any atom is -0.451 e. The molecule has 124 valence electrons. The van der Waals surface area contributed by atoms with Crippen molar-refractivity contribution in [3.05, 3.63) is 46.7 Å². The molecule has 1 amide bonds. The predicted octanol–water partition coefficient (Wildman–Crippen LogP) is 2.55. The molecule has 1 unspecified atom stereocenters. The Bertz CT molecular complexity index is 905. The third-order valence-corrected chi connectivity index (χ3v) is 5.09. The van der Waals surface area contributed by atoms with E-state index in [1.54, 1.807) is 9.42 Å². The Labute approximate surface area is 146 Å². The maximum Gasteiger partial charge on any atom is 0.210 e. The standard InChI is InChI=1S/C16H16BrN5O2/c17-14-4-3-13(24-14)16(5-1-2-6-21(16)10-23)11-7-12(18)15-19-9-20-22(15)8-11/h3-4,7-10H,1-2,5-6,18H2. The van der Waals surface area contributed by atoms with Gasteiger partial charge in [-0.15, -0.1) is 0 Å². The summed E-state index contributed by atoms with van der Waals surface area (Å²) in [6.45, 7) is 0.664. The number of likely N-dealkylation sites (tertiary alicyclic amines) is 1. The number of furan rings is 1. The zero-order chi connectivity index (χ0) is 16.7. The van der Waals surface area contributed by atoms with E-state index in [2.05, 4.69) is 26.0 Å². The minimum absolute atomic E-state index is 0.520. The first-order valence-electron chi connectivity index (χ1n) is 7.72. The van der Waals surface area contributed by atoms with Crippen LogP contribution in [0.25, 0.3) is 5.65 Å². The molecule has 0 aromatic carbocycles. The summed E-state index contributed by atoms with van der Waals surface area (Å²) in [4.78, 5) is 17.8. The molecule has 4 heterocycles. The molecule has 24 heavy (non-hydrogen) atoms. The van der Waals surface area contributed by atoms with E-state index in [0.29, 0.717) is 28.3 Å². The molecule has 3 aromatic rings. The van der Waals surface area contributed by atoms with Gasteiger partial charge < -0.3 is 15.1 Å². The van der Waals surface area contributed by atoms with Crippen LogP contribution in [0, 0.1) is 0 Å². The van der Waals surface area contributed by atoms with Crippen LogP contribution in [0.2, 0.25) is 0 Å². The van der Waals surface area contributed by atoms with E-state index < -0.39 is 5.54 Å². The highest BCUT2D eigenvalue weighted by molar-refractivity contribution is 9.10. The molecule has 1 aliphatic heterocycles. The summed E-state index contributed by atoms with van der Waals surface area (Å²) in [5, 5.41) is 4.19. The largest absolute Gasteiger partial charge is 0.451 e. The minimum atomic E-state index is -0.694. The van der Waals surface area contributed by atoms with Gasteiger partial charge in [0.15, 0.2) is 10.3 Å². The molecule has 1 fully saturated rings. The first-order chi connectivity index (χ1) is 11.6. The SMILES string of the molecule is Nc1cc(C2(c3ccc(Br)o3)CCCCN2C=O)cn2ncnc12. The number of carbonyl (C=O) groups is 1. The van der Waals surface area contributed by atoms with Gasteiger partial charge in [0, 0.05) is 18.3 Å². The molecule has 2 N–H and O–H groups in total. The highest BCUT2D eigenvalue weighted by Gasteiger charge is 2.45. The second kappa shape index (κ2) is 5.62. The Morgan fingerprint density at radius 3 is 3.00 bits per heavy atom. The van der Waals surface area contributed by atoms with Crippen LogP contribution in [0.1, 0.15) is 30.6 Å². The van der Waals surface area contributed by atoms with Gasteiger partial charge in [0.05, 0.1) is 5.69 Å². The van der Waals surface area contributed by atoms with E-state index in [4.69, 9.17) is 10.2 Å². The topological polar surface area (TPSA) is 89.7 Å². The summed E-state index contributed by atoms with van der Waals surface area (Å²) in [6, 6.07) is 5.60. The number of aromatic nitrogens is 3. The van der Waals surface area contributed by atoms with Crippen molar-refractivity contribution in [2.75, 3.05) is 12.3 Å². The van der Waals surface area contributed by atoms with Crippen LogP contribution in [0.15, 0.2) is 39.8 Å². The smallest absolute Gasteiger partial charge is 0.210 e. The number of rotatable bonds is 3. The van der Waals surface area contributed by atoms with Crippen molar-refractivity contribution in [1.29, 1.82) is 0 Å². The van der Waals surface area contributed by atoms with Crippen molar-refractivity contribution < 1.29 is 9.21 Å². The molecule has 0 saturated carbocycles. The maximum atomic E-state index is 11.8. The quantitative estimate of drug-likeness (QED) is 0.695. The van der Waals surface area contributed by atoms with Crippen molar-refractivity contribution >= 4 is 33.7 Å². The van der Waals surface area contributed by atoms with Crippen LogP contribution < -0.4 is 5.73 Å². The number of anilines is 1. The second-order valence-corrected chi connectivity index (χ2v) is 6.71. The fraction of sp³-hybridized carbons (Fsp3) is 0.312. The summed E-state index contributed by atoms with van der Waals surface area (Å²) in [7, 11) is 0. The normalized spacial score (nSPS) is 21.3. The van der Waals surface area contributed by atoms with E-state index >= 15 is 0 Å². The summed E-state index contributed by atoms with van der Waals surface area (Å²) in [5.74, 6) is 0.708. The average molecular weight is 390 g/mol. The number of nitrogen functional groups attached to an aromatic ring is 1. The van der Waals surface area contributed by atoms with Crippen LogP contribution in [0.5, 0.6) is 0 Å². The van der Waals surface area contributed by atoms with E-state index in [-0.39, 0.29) is 0 Å². The van der Waals surface area contributed by atoms with Crippen LogP contribution in [-0.2, 0) is 10.3 Å². The highest BCUT2D eigenvalue weighted by atomic mass is 79.9. The number of amides is 1. The molecule has 0 aliphatic carbocycles. The van der Waals surface area contributed by atoms with Crippen molar-refractivity contribution in [1.82, 2.24) is 19.5 Å². The Morgan fingerprint density at radius 1 is 1.38 bits per heavy atom. The lowest BCUT2D eigenvalue weighted by Gasteiger charge is -2.44. The molecule has 1 aliphatic rings. The first-order valence-corrected chi connectivity index (χ1v) is 8.51. The van der Waals surface area contributed by atoms with Crippen LogP contribution >= 0.6 is 15.9 Å². The number of halogens is 1. The first kappa shape index (κ1) is 15.2. The van der Waals surface area contributed by atoms with Crippen LogP contribution in [-0.4, -0.2) is 32.5 Å². The van der Waals surface area contributed by atoms with Gasteiger partial charge in [-0.2, -0.15) is 5.10 Å². The number of hydrogen-bond donors (Lipinski definition) is 1. The van der Waals surface area contributed by atoms with Gasteiger partial charge in [0.1, 0.15) is 17.6 Å². The third kappa shape index (κ3) is 2.13. The number of hydrogen-bond acceptors (Lipinski definition) is 5. The zero-order valence-corrected chi connectivity index (χ0v) is 14.4. The number of nitrogens with zero attached hydrogens (tertiary/aromatic N) is 4. The van der Waals surface area contributed by atoms with Gasteiger partial charge in [-0.05, 0) is 53.4 Å². The van der Waals surface area contributed by atoms with Crippen molar-refractivity contribution in [2.45, 2.75) is 24.8 Å². The molecule has 1 saturated heterocycles. The number of fused-ring (bicyclic) bond motifs is 1. The Kier molecular flexibility index (Phi) is 3.56. The van der Waals surface area contributed by atoms with Crippen LogP contribution in [0.4, 0.5) is 5.69 Å². The molecule has 8 heteroatoms. The van der Waals surface area contributed by atoms with E-state index in [1.807, 2.05) is 24.4 Å². The van der Waals surface area contributed by atoms with Gasteiger partial charge in [0.2, 0.25) is 6.41 Å². The third-order valence-electron chi connectivity index (χ3n) is 4.67. The Hall–Kier alpha value is -2.35. The van der Waals surface area contributed by atoms with Gasteiger partial charge >= 0.3 is 0 Å². The highest BCUT2D eigenvalue weighted by Crippen LogP contribution is 2.44. The molecular weight excluding hydrogens is 374 g/mol. The van der Waals surface area contributed by atoms with E-state index in [1.165, 1.54) is 6.33 Å². The molecule has 0 spiro atoms. The van der Waals surface area contributed by atoms with Gasteiger partial charge in [-0.25, -0.2) is 9.50 Å². The van der Waals surface area contributed by atoms with Crippen molar-refractivity contribution in [3.8, 4) is 0 Å². The summed E-state index contributed by atoms with van der Waals surface area (Å²) < 4.78 is 8.14. The van der Waals surface area contributed by atoms with Gasteiger partial charge in [-0.3, -0.25) is 4.79 Å². The number of nitrogens with two attached hydrogens (primary N) is 1. The Balaban J connectivity index is 1.99. The zero-order valence-electron chi connectivity index (χ0n) is 12.9. The van der Waals surface area contributed by atoms with Gasteiger partial charge in [-0.1, -0.05) is 0 Å². The number of piperidine rings is 1. The number of carbonyl (C=O) groups excluding carboxylic acids is 1. The molecule has 0 bridgehead atoms. The van der Waals surface area contributed by atoms with Crippen molar-refractivity contribution in [3.63, 3.8) is 0 Å². The molecule has 4 rings (SSSR count). The van der Waals surface area contributed by atoms with E-state index in [9.17, 15) is 4.79 Å². The lowest BCUT2D eigenvalue weighted by atomic mass is 9.79. The summed E-state index contributed by atoms with van der Waals surface area (Å²) >= 11 is 3.36. The fourth-order valence-electron chi connectivity index (χ4n) is 3.57. The van der Waals surface area contributed by atoms with Gasteiger partial charge in [0.25, 0.3) is 0 Å². The maximum absolute atomic E-state index is 11.8. The molecule has 1 atom stereocenters. The summed E-state index contributed by atoms with van der Waals surface area (Å²) in [6.07, 6.45) is 6.92. The lowest BCUT2D eigenvalue weighted by Crippen LogP contribution is -2.49. The molecule has 0 radical (unpaired) electrons. The van der Waals surface area contributed by atoms with E-state index in [0.717, 1.165) is 31.2 Å². The number of pyridine rings is 1. The average Bonchev–Trinajstić information content (AvgIpc) is 3.23. The molecule has 3 aromatic heterocycles. The summed E-state index contributed by atoms with van der Waals surface area (Å²) in [5.41, 5.74) is 7.46. The van der Waals surface area contributed by atoms with Crippen LogP contribution in [0.3, 0.4) is 0 Å².